The summed E-state index contributed by atoms with van der Waals surface area (Å²) < 4.78 is 54.4. The monoisotopic (exact) mass is 402 g/mol. The van der Waals surface area contributed by atoms with Crippen molar-refractivity contribution in [1.29, 1.82) is 0 Å². The predicted molar refractivity (Wildman–Crippen MR) is 90.3 cm³/mol. The minimum Gasteiger partial charge on any atom is -0.352 e. The van der Waals surface area contributed by atoms with Crippen LogP contribution in [0.1, 0.15) is 45.7 Å². The van der Waals surface area contributed by atoms with Crippen LogP contribution in [0.4, 0.5) is 23.5 Å². The van der Waals surface area contributed by atoms with Gasteiger partial charge in [0.2, 0.25) is 5.95 Å². The molecule has 1 heterocycles. The average Bonchev–Trinajstić information content (AvgIpc) is 3.00. The highest BCUT2D eigenvalue weighted by Crippen LogP contribution is 2.29. The molecule has 0 aliphatic rings. The van der Waals surface area contributed by atoms with Crippen molar-refractivity contribution >= 4 is 17.8 Å². The first-order chi connectivity index (χ1) is 13.1. The molecule has 0 saturated carbocycles. The van der Waals surface area contributed by atoms with E-state index in [1.807, 2.05) is 0 Å². The lowest BCUT2D eigenvalue weighted by molar-refractivity contribution is -0.127. The molecule has 0 fully saturated rings. The second-order valence-electron chi connectivity index (χ2n) is 5.82. The molecule has 1 aromatic heterocycles. The van der Waals surface area contributed by atoms with Gasteiger partial charge in [-0.3, -0.25) is 14.9 Å². The molecule has 12 heteroatoms. The number of carbonyl (C=O) groups excluding carboxylic acids is 2. The van der Waals surface area contributed by atoms with Gasteiger partial charge >= 0.3 is 6.18 Å². The van der Waals surface area contributed by atoms with E-state index in [9.17, 15) is 27.2 Å². The van der Waals surface area contributed by atoms with Gasteiger partial charge in [-0.25, -0.2) is 9.07 Å². The number of tetrazole rings is 1. The van der Waals surface area contributed by atoms with Crippen LogP contribution >= 0.6 is 0 Å². The van der Waals surface area contributed by atoms with E-state index in [0.717, 1.165) is 0 Å². The van der Waals surface area contributed by atoms with E-state index < -0.39 is 41.4 Å². The van der Waals surface area contributed by atoms with Gasteiger partial charge in [-0.05, 0) is 48.4 Å². The highest BCUT2D eigenvalue weighted by Gasteiger charge is 2.33. The van der Waals surface area contributed by atoms with Crippen LogP contribution in [0.3, 0.4) is 0 Å². The standard InChI is InChI=1S/C16H18F4N6O2/c1-4-21-13(27)11-8(3)12(10(17)6-9(11)7-16(18,19)20)14(28)22-15-23-24-25-26(15)5-2/h6H,4-5,7H2,1-3H3,(H,21,27)(H,22,23,25,28). The second kappa shape index (κ2) is 8.31. The van der Waals surface area contributed by atoms with Crippen LogP contribution in [-0.2, 0) is 13.0 Å². The van der Waals surface area contributed by atoms with Crippen LogP contribution in [0.5, 0.6) is 0 Å². The molecule has 0 spiro atoms. The van der Waals surface area contributed by atoms with Crippen molar-refractivity contribution in [3.05, 3.63) is 34.1 Å². The van der Waals surface area contributed by atoms with E-state index in [-0.39, 0.29) is 23.6 Å². The summed E-state index contributed by atoms with van der Waals surface area (Å²) in [5, 5.41) is 15.2. The molecule has 0 aliphatic carbocycles. The zero-order chi connectivity index (χ0) is 21.1. The number of rotatable bonds is 6. The molecule has 28 heavy (non-hydrogen) atoms. The minimum atomic E-state index is -4.66. The zero-order valence-corrected chi connectivity index (χ0v) is 15.3. The van der Waals surface area contributed by atoms with Gasteiger partial charge in [0.25, 0.3) is 11.8 Å². The number of carbonyl (C=O) groups is 2. The molecule has 1 aromatic carbocycles. The molecule has 0 aliphatic heterocycles. The van der Waals surface area contributed by atoms with Gasteiger partial charge < -0.3 is 5.32 Å². The number of alkyl halides is 3. The number of benzene rings is 1. The molecule has 2 aromatic rings. The second-order valence-corrected chi connectivity index (χ2v) is 5.82. The number of aromatic nitrogens is 4. The van der Waals surface area contributed by atoms with Crippen LogP contribution < -0.4 is 10.6 Å². The molecular formula is C16H18F4N6O2. The van der Waals surface area contributed by atoms with E-state index in [1.54, 1.807) is 13.8 Å². The molecule has 0 unspecified atom stereocenters. The van der Waals surface area contributed by atoms with Gasteiger partial charge in [-0.15, -0.1) is 0 Å². The molecule has 8 nitrogen and oxygen atoms in total. The number of amides is 2. The summed E-state index contributed by atoms with van der Waals surface area (Å²) in [7, 11) is 0. The third-order valence-corrected chi connectivity index (χ3v) is 3.85. The van der Waals surface area contributed by atoms with Gasteiger partial charge in [-0.2, -0.15) is 13.2 Å². The molecule has 2 amide bonds. The first-order valence-corrected chi connectivity index (χ1v) is 8.33. The van der Waals surface area contributed by atoms with Crippen LogP contribution in [-0.4, -0.2) is 44.7 Å². The fourth-order valence-corrected chi connectivity index (χ4v) is 2.71. The summed E-state index contributed by atoms with van der Waals surface area (Å²) in [6.45, 7) is 4.97. The van der Waals surface area contributed by atoms with E-state index >= 15 is 0 Å². The van der Waals surface area contributed by atoms with Gasteiger partial charge in [-0.1, -0.05) is 5.10 Å². The van der Waals surface area contributed by atoms with Gasteiger partial charge in [0.05, 0.1) is 12.0 Å². The third kappa shape index (κ3) is 4.61. The maximum atomic E-state index is 14.6. The van der Waals surface area contributed by atoms with Crippen molar-refractivity contribution in [1.82, 2.24) is 25.5 Å². The van der Waals surface area contributed by atoms with Crippen molar-refractivity contribution in [2.24, 2.45) is 0 Å². The van der Waals surface area contributed by atoms with Crippen LogP contribution in [0, 0.1) is 12.7 Å². The maximum Gasteiger partial charge on any atom is 0.393 e. The highest BCUT2D eigenvalue weighted by molar-refractivity contribution is 6.08. The summed E-state index contributed by atoms with van der Waals surface area (Å²) in [6.07, 6.45) is -6.17. The Balaban J connectivity index is 2.54. The Morgan fingerprint density at radius 3 is 2.43 bits per heavy atom. The Morgan fingerprint density at radius 2 is 1.86 bits per heavy atom. The number of hydrogen-bond donors (Lipinski definition) is 2. The zero-order valence-electron chi connectivity index (χ0n) is 15.3. The number of aryl methyl sites for hydroxylation is 1. The van der Waals surface area contributed by atoms with E-state index in [4.69, 9.17) is 0 Å². The largest absolute Gasteiger partial charge is 0.393 e. The van der Waals surface area contributed by atoms with Crippen LogP contribution in [0.25, 0.3) is 0 Å². The summed E-state index contributed by atoms with van der Waals surface area (Å²) in [6, 6.07) is 0.558. The number of hydrogen-bond acceptors (Lipinski definition) is 5. The smallest absolute Gasteiger partial charge is 0.352 e. The molecule has 0 bridgehead atoms. The Kier molecular flexibility index (Phi) is 6.31. The van der Waals surface area contributed by atoms with E-state index in [0.29, 0.717) is 12.6 Å². The first-order valence-electron chi connectivity index (χ1n) is 8.33. The molecule has 2 rings (SSSR count). The van der Waals surface area contributed by atoms with E-state index in [2.05, 4.69) is 26.2 Å². The van der Waals surface area contributed by atoms with Gasteiger partial charge in [0.1, 0.15) is 5.82 Å². The molecule has 0 atom stereocenters. The third-order valence-electron chi connectivity index (χ3n) is 3.85. The fraction of sp³-hybridized carbons (Fsp3) is 0.438. The molecule has 0 radical (unpaired) electrons. The normalized spacial score (nSPS) is 11.4. The Hall–Kier alpha value is -3.05. The van der Waals surface area contributed by atoms with Crippen molar-refractivity contribution in [2.75, 3.05) is 11.9 Å². The highest BCUT2D eigenvalue weighted by atomic mass is 19.4. The van der Waals surface area contributed by atoms with Crippen molar-refractivity contribution < 1.29 is 27.2 Å². The van der Waals surface area contributed by atoms with Crippen LogP contribution in [0.2, 0.25) is 0 Å². The lowest BCUT2D eigenvalue weighted by atomic mass is 9.93. The summed E-state index contributed by atoms with van der Waals surface area (Å²) in [5.41, 5.74) is -1.71. The van der Waals surface area contributed by atoms with Crippen molar-refractivity contribution in [3.8, 4) is 0 Å². The number of nitrogens with zero attached hydrogens (tertiary/aromatic N) is 4. The number of nitrogens with one attached hydrogen (secondary N) is 2. The average molecular weight is 402 g/mol. The lowest BCUT2D eigenvalue weighted by Crippen LogP contribution is -2.28. The molecule has 152 valence electrons. The summed E-state index contributed by atoms with van der Waals surface area (Å²) in [4.78, 5) is 24.8. The Labute approximate surface area is 157 Å². The number of halogens is 4. The fourth-order valence-electron chi connectivity index (χ4n) is 2.71. The Bertz CT molecular complexity index is 894. The first kappa shape index (κ1) is 21.3. The predicted octanol–water partition coefficient (Wildman–Crippen LogP) is 2.25. The van der Waals surface area contributed by atoms with Crippen molar-refractivity contribution in [2.45, 2.75) is 39.9 Å². The van der Waals surface area contributed by atoms with Gasteiger partial charge in [0, 0.05) is 18.7 Å². The lowest BCUT2D eigenvalue weighted by Gasteiger charge is -2.17. The summed E-state index contributed by atoms with van der Waals surface area (Å²) >= 11 is 0. The van der Waals surface area contributed by atoms with Gasteiger partial charge in [0.15, 0.2) is 0 Å². The maximum absolute atomic E-state index is 14.6. The van der Waals surface area contributed by atoms with Crippen molar-refractivity contribution in [3.63, 3.8) is 0 Å². The molecular weight excluding hydrogens is 384 g/mol. The topological polar surface area (TPSA) is 102 Å². The molecule has 0 saturated heterocycles. The van der Waals surface area contributed by atoms with Crippen LogP contribution in [0.15, 0.2) is 6.07 Å². The quantitative estimate of drug-likeness (QED) is 0.722. The minimum absolute atomic E-state index is 0.0646. The molecule has 2 N–H and O–H groups in total. The SMILES string of the molecule is CCNC(=O)c1c(CC(F)(F)F)cc(F)c(C(=O)Nc2nnnn2CC)c1C. The Morgan fingerprint density at radius 1 is 1.18 bits per heavy atom. The summed E-state index contributed by atoms with van der Waals surface area (Å²) in [5.74, 6) is -3.06. The number of anilines is 1. The van der Waals surface area contributed by atoms with E-state index in [1.165, 1.54) is 11.6 Å².